The SMILES string of the molecule is CCOC(=O)N1CCC(Nc2c(N[C@@H]3CCC[C@H](C)[C@@H]3C)c(=O)c2=O)CC1. The van der Waals surface area contributed by atoms with E-state index in [-0.39, 0.29) is 18.2 Å². The maximum Gasteiger partial charge on any atom is 0.409 e. The first-order valence-electron chi connectivity index (χ1n) is 10.2. The standard InChI is InChI=1S/C20H31N3O4/c1-4-27-20(26)23-10-8-14(9-11-23)21-16-17(19(25)18(16)24)22-15-7-5-6-12(2)13(15)3/h12-15,21-22H,4-11H2,1-3H3/t12-,13-,15+/m0/s1. The van der Waals surface area contributed by atoms with E-state index in [0.29, 0.717) is 42.9 Å². The van der Waals surface area contributed by atoms with E-state index in [1.54, 1.807) is 11.8 Å². The van der Waals surface area contributed by atoms with E-state index in [1.807, 2.05) is 0 Å². The number of nitrogens with one attached hydrogen (secondary N) is 2. The molecule has 7 nitrogen and oxygen atoms in total. The van der Waals surface area contributed by atoms with Gasteiger partial charge in [0.05, 0.1) is 6.61 Å². The van der Waals surface area contributed by atoms with E-state index >= 15 is 0 Å². The monoisotopic (exact) mass is 377 g/mol. The number of likely N-dealkylation sites (tertiary alicyclic amines) is 1. The molecule has 0 aromatic heterocycles. The van der Waals surface area contributed by atoms with Crippen LogP contribution in [0.15, 0.2) is 9.59 Å². The molecule has 0 radical (unpaired) electrons. The number of anilines is 2. The first-order chi connectivity index (χ1) is 12.9. The fraction of sp³-hybridized carbons (Fsp3) is 0.750. The third kappa shape index (κ3) is 4.12. The van der Waals surface area contributed by atoms with Crippen molar-refractivity contribution in [1.82, 2.24) is 4.90 Å². The summed E-state index contributed by atoms with van der Waals surface area (Å²) in [7, 11) is 0. The zero-order chi connectivity index (χ0) is 19.6. The molecule has 1 saturated heterocycles. The maximum atomic E-state index is 12.1. The molecule has 2 fully saturated rings. The van der Waals surface area contributed by atoms with Gasteiger partial charge in [0.15, 0.2) is 0 Å². The molecule has 3 rings (SSSR count). The number of carbonyl (C=O) groups is 1. The second-order valence-electron chi connectivity index (χ2n) is 8.03. The zero-order valence-corrected chi connectivity index (χ0v) is 16.5. The van der Waals surface area contributed by atoms with E-state index in [0.717, 1.165) is 25.7 Å². The van der Waals surface area contributed by atoms with Gasteiger partial charge in [-0.25, -0.2) is 4.79 Å². The second-order valence-corrected chi connectivity index (χ2v) is 8.03. The Morgan fingerprint density at radius 2 is 1.67 bits per heavy atom. The van der Waals surface area contributed by atoms with Gasteiger partial charge < -0.3 is 20.3 Å². The molecule has 0 bridgehead atoms. The number of rotatable bonds is 5. The molecule has 3 atom stereocenters. The van der Waals surface area contributed by atoms with E-state index in [2.05, 4.69) is 24.5 Å². The van der Waals surface area contributed by atoms with Gasteiger partial charge in [0, 0.05) is 25.2 Å². The van der Waals surface area contributed by atoms with Crippen molar-refractivity contribution in [3.8, 4) is 0 Å². The van der Waals surface area contributed by atoms with Crippen LogP contribution in [0.25, 0.3) is 0 Å². The molecule has 1 amide bonds. The highest BCUT2D eigenvalue weighted by atomic mass is 16.6. The number of piperidine rings is 1. The fourth-order valence-electron chi connectivity index (χ4n) is 4.26. The minimum absolute atomic E-state index is 0.0854. The molecule has 1 aromatic rings. The topological polar surface area (TPSA) is 87.7 Å². The van der Waals surface area contributed by atoms with Gasteiger partial charge in [-0.05, 0) is 38.0 Å². The molecule has 2 aliphatic rings. The quantitative estimate of drug-likeness (QED) is 0.767. The smallest absolute Gasteiger partial charge is 0.409 e. The lowest BCUT2D eigenvalue weighted by atomic mass is 9.78. The average Bonchev–Trinajstić information content (AvgIpc) is 2.68. The third-order valence-electron chi connectivity index (χ3n) is 6.32. The van der Waals surface area contributed by atoms with Crippen LogP contribution in [0.3, 0.4) is 0 Å². The Morgan fingerprint density at radius 3 is 2.30 bits per heavy atom. The van der Waals surface area contributed by atoms with E-state index in [4.69, 9.17) is 4.74 Å². The summed E-state index contributed by atoms with van der Waals surface area (Å²) < 4.78 is 5.03. The summed E-state index contributed by atoms with van der Waals surface area (Å²) in [4.78, 5) is 37.7. The van der Waals surface area contributed by atoms with Crippen molar-refractivity contribution in [2.45, 2.75) is 65.0 Å². The summed E-state index contributed by atoms with van der Waals surface area (Å²) in [6, 6.07) is 0.325. The lowest BCUT2D eigenvalue weighted by Crippen LogP contribution is -2.47. The predicted octanol–water partition coefficient (Wildman–Crippen LogP) is 2.55. The highest BCUT2D eigenvalue weighted by molar-refractivity contribution is 5.74. The van der Waals surface area contributed by atoms with Crippen LogP contribution in [-0.2, 0) is 4.74 Å². The minimum atomic E-state index is -0.429. The third-order valence-corrected chi connectivity index (χ3v) is 6.32. The fourth-order valence-corrected chi connectivity index (χ4v) is 4.26. The number of hydrogen-bond donors (Lipinski definition) is 2. The number of nitrogens with zero attached hydrogens (tertiary/aromatic N) is 1. The van der Waals surface area contributed by atoms with Crippen molar-refractivity contribution in [2.24, 2.45) is 11.8 Å². The number of hydrogen-bond acceptors (Lipinski definition) is 6. The zero-order valence-electron chi connectivity index (χ0n) is 16.5. The van der Waals surface area contributed by atoms with Crippen molar-refractivity contribution in [1.29, 1.82) is 0 Å². The van der Waals surface area contributed by atoms with Crippen LogP contribution < -0.4 is 21.5 Å². The van der Waals surface area contributed by atoms with E-state index in [1.165, 1.54) is 6.42 Å². The van der Waals surface area contributed by atoms with Crippen LogP contribution in [0.1, 0.15) is 52.9 Å². The van der Waals surface area contributed by atoms with Gasteiger partial charge in [0.1, 0.15) is 11.4 Å². The summed E-state index contributed by atoms with van der Waals surface area (Å²) in [5.74, 6) is 1.09. The van der Waals surface area contributed by atoms with E-state index in [9.17, 15) is 14.4 Å². The number of ether oxygens (including phenoxy) is 1. The van der Waals surface area contributed by atoms with E-state index < -0.39 is 10.9 Å². The molecule has 1 heterocycles. The highest BCUT2D eigenvalue weighted by Crippen LogP contribution is 2.32. The van der Waals surface area contributed by atoms with Gasteiger partial charge in [-0.2, -0.15) is 0 Å². The molecule has 0 unspecified atom stereocenters. The van der Waals surface area contributed by atoms with Crippen molar-refractivity contribution in [2.75, 3.05) is 30.3 Å². The summed E-state index contributed by atoms with van der Waals surface area (Å²) in [6.45, 7) is 7.80. The normalized spacial score (nSPS) is 26.8. The van der Waals surface area contributed by atoms with Crippen LogP contribution in [0.2, 0.25) is 0 Å². The van der Waals surface area contributed by atoms with Gasteiger partial charge in [-0.1, -0.05) is 26.7 Å². The Balaban J connectivity index is 1.59. The maximum absolute atomic E-state index is 12.1. The molecular weight excluding hydrogens is 346 g/mol. The van der Waals surface area contributed by atoms with Gasteiger partial charge in [-0.15, -0.1) is 0 Å². The summed E-state index contributed by atoms with van der Waals surface area (Å²) in [5.41, 5.74) is 0.0486. The second kappa shape index (κ2) is 8.31. The highest BCUT2D eigenvalue weighted by Gasteiger charge is 2.32. The predicted molar refractivity (Wildman–Crippen MR) is 106 cm³/mol. The lowest BCUT2D eigenvalue weighted by Gasteiger charge is -2.36. The molecule has 27 heavy (non-hydrogen) atoms. The number of amides is 1. The summed E-state index contributed by atoms with van der Waals surface area (Å²) in [5, 5.41) is 6.62. The van der Waals surface area contributed by atoms with Crippen LogP contribution >= 0.6 is 0 Å². The Hall–Kier alpha value is -2.05. The molecule has 1 aliphatic carbocycles. The average molecular weight is 377 g/mol. The molecule has 2 N–H and O–H groups in total. The largest absolute Gasteiger partial charge is 0.450 e. The van der Waals surface area contributed by atoms with Crippen molar-refractivity contribution < 1.29 is 9.53 Å². The first-order valence-corrected chi connectivity index (χ1v) is 10.2. The lowest BCUT2D eigenvalue weighted by molar-refractivity contribution is 0.0983. The van der Waals surface area contributed by atoms with Gasteiger partial charge in [0.2, 0.25) is 0 Å². The molecule has 1 aromatic carbocycles. The van der Waals surface area contributed by atoms with Gasteiger partial charge in [-0.3, -0.25) is 9.59 Å². The van der Waals surface area contributed by atoms with Crippen LogP contribution in [0.5, 0.6) is 0 Å². The number of carbonyl (C=O) groups excluding carboxylic acids is 1. The molecule has 1 saturated carbocycles. The van der Waals surface area contributed by atoms with Crippen LogP contribution in [0.4, 0.5) is 16.2 Å². The van der Waals surface area contributed by atoms with Crippen molar-refractivity contribution in [3.05, 3.63) is 20.4 Å². The first kappa shape index (κ1) is 19.7. The van der Waals surface area contributed by atoms with Crippen LogP contribution in [-0.4, -0.2) is 42.8 Å². The van der Waals surface area contributed by atoms with Crippen molar-refractivity contribution in [3.63, 3.8) is 0 Å². The molecular formula is C20H31N3O4. The Kier molecular flexibility index (Phi) is 6.07. The van der Waals surface area contributed by atoms with Gasteiger partial charge in [0.25, 0.3) is 10.9 Å². The molecule has 1 aliphatic heterocycles. The van der Waals surface area contributed by atoms with Crippen molar-refractivity contribution >= 4 is 17.5 Å². The van der Waals surface area contributed by atoms with Crippen LogP contribution in [0, 0.1) is 11.8 Å². The summed E-state index contributed by atoms with van der Waals surface area (Å²) in [6.07, 6.45) is 4.57. The Bertz CT molecular complexity index is 732. The van der Waals surface area contributed by atoms with Gasteiger partial charge >= 0.3 is 6.09 Å². The molecule has 0 spiro atoms. The molecule has 150 valence electrons. The molecule has 7 heteroatoms. The summed E-state index contributed by atoms with van der Waals surface area (Å²) >= 11 is 0. The minimum Gasteiger partial charge on any atom is -0.450 e. The Labute approximate surface area is 160 Å². The Morgan fingerprint density at radius 1 is 1.04 bits per heavy atom.